The molecule has 0 saturated heterocycles. The van der Waals surface area contributed by atoms with Crippen LogP contribution in [0.2, 0.25) is 0 Å². The molecule has 0 aromatic carbocycles. The minimum absolute atomic E-state index is 0.0643. The first-order valence-corrected chi connectivity index (χ1v) is 12.4. The molecule has 0 fully saturated rings. The fourth-order valence-corrected chi connectivity index (χ4v) is 2.74. The van der Waals surface area contributed by atoms with Crippen LogP contribution in [-0.4, -0.2) is 101 Å². The standard InChI is InChI=1S/C25H40N4O9/c1-4-5-10-22(32)27-11-14-38-18-25(35)29-19(2)21(31)9-7-13-37-17-24(34)28-15-20(30)8-6-12-36-16-23(33)26-3/h1,19H,5-18H2,2-3H3,(H,26,33)(H,27,32)(H,28,34)(H,29,35)/t19-/m0/s1. The van der Waals surface area contributed by atoms with E-state index in [2.05, 4.69) is 27.2 Å². The molecule has 1 atom stereocenters. The Morgan fingerprint density at radius 3 is 2.03 bits per heavy atom. The predicted molar refractivity (Wildman–Crippen MR) is 137 cm³/mol. The van der Waals surface area contributed by atoms with Crippen LogP contribution >= 0.6 is 0 Å². The molecule has 0 aliphatic carbocycles. The van der Waals surface area contributed by atoms with Crippen LogP contribution < -0.4 is 21.3 Å². The molecule has 0 aliphatic heterocycles. The SMILES string of the molecule is C#CCCC(=O)NCCOCC(=O)N[C@@H](C)C(=O)CCCOCC(=O)NCC(=O)CCCOCC(=O)NC. The number of carbonyl (C=O) groups is 6. The van der Waals surface area contributed by atoms with E-state index in [-0.39, 0.29) is 95.4 Å². The monoisotopic (exact) mass is 540 g/mol. The summed E-state index contributed by atoms with van der Waals surface area (Å²) in [5.74, 6) is 0.659. The minimum Gasteiger partial charge on any atom is -0.372 e. The molecule has 13 heteroatoms. The Balaban J connectivity index is 3.76. The van der Waals surface area contributed by atoms with Crippen molar-refractivity contribution in [2.45, 2.75) is 51.5 Å². The Hall–Kier alpha value is -3.34. The van der Waals surface area contributed by atoms with E-state index in [4.69, 9.17) is 20.6 Å². The van der Waals surface area contributed by atoms with Crippen molar-refractivity contribution in [1.29, 1.82) is 0 Å². The van der Waals surface area contributed by atoms with Crippen molar-refractivity contribution < 1.29 is 43.0 Å². The maximum Gasteiger partial charge on any atom is 0.246 e. The first-order valence-electron chi connectivity index (χ1n) is 12.4. The van der Waals surface area contributed by atoms with E-state index >= 15 is 0 Å². The fourth-order valence-electron chi connectivity index (χ4n) is 2.74. The molecular weight excluding hydrogens is 500 g/mol. The Morgan fingerprint density at radius 1 is 0.763 bits per heavy atom. The first-order chi connectivity index (χ1) is 18.2. The van der Waals surface area contributed by atoms with E-state index in [1.165, 1.54) is 7.05 Å². The van der Waals surface area contributed by atoms with Crippen LogP contribution in [0.25, 0.3) is 0 Å². The van der Waals surface area contributed by atoms with E-state index in [1.807, 2.05) is 0 Å². The molecule has 38 heavy (non-hydrogen) atoms. The first kappa shape index (κ1) is 34.7. The highest BCUT2D eigenvalue weighted by Gasteiger charge is 2.15. The van der Waals surface area contributed by atoms with Gasteiger partial charge >= 0.3 is 0 Å². The van der Waals surface area contributed by atoms with Gasteiger partial charge in [0.05, 0.1) is 19.2 Å². The van der Waals surface area contributed by atoms with Crippen molar-refractivity contribution in [2.75, 3.05) is 59.8 Å². The van der Waals surface area contributed by atoms with Gasteiger partial charge in [0.2, 0.25) is 23.6 Å². The quantitative estimate of drug-likeness (QED) is 0.0899. The number of terminal acetylenes is 1. The van der Waals surface area contributed by atoms with Gasteiger partial charge in [-0.2, -0.15) is 0 Å². The van der Waals surface area contributed by atoms with Gasteiger partial charge in [-0.05, 0) is 19.8 Å². The highest BCUT2D eigenvalue weighted by molar-refractivity contribution is 5.89. The van der Waals surface area contributed by atoms with Crippen LogP contribution in [0.5, 0.6) is 0 Å². The van der Waals surface area contributed by atoms with Crippen LogP contribution in [0.1, 0.15) is 45.4 Å². The second-order valence-corrected chi connectivity index (χ2v) is 8.16. The molecule has 0 unspecified atom stereocenters. The molecule has 214 valence electrons. The topological polar surface area (TPSA) is 178 Å². The maximum atomic E-state index is 12.1. The zero-order valence-electron chi connectivity index (χ0n) is 22.2. The van der Waals surface area contributed by atoms with Gasteiger partial charge in [-0.25, -0.2) is 0 Å². The van der Waals surface area contributed by atoms with Gasteiger partial charge in [-0.1, -0.05) is 0 Å². The number of ketones is 2. The molecular formula is C25H40N4O9. The van der Waals surface area contributed by atoms with Crippen molar-refractivity contribution in [2.24, 2.45) is 0 Å². The van der Waals surface area contributed by atoms with Crippen LogP contribution in [0.3, 0.4) is 0 Å². The number of Topliss-reactive ketones (excluding diaryl/α,β-unsaturated/α-hetero) is 2. The lowest BCUT2D eigenvalue weighted by molar-refractivity contribution is -0.130. The zero-order valence-corrected chi connectivity index (χ0v) is 22.2. The Bertz CT molecular complexity index is 811. The summed E-state index contributed by atoms with van der Waals surface area (Å²) in [4.78, 5) is 69.9. The average Bonchev–Trinajstić information content (AvgIpc) is 2.89. The van der Waals surface area contributed by atoms with Crippen molar-refractivity contribution in [1.82, 2.24) is 21.3 Å². The number of ether oxygens (including phenoxy) is 3. The van der Waals surface area contributed by atoms with Crippen molar-refractivity contribution >= 4 is 35.2 Å². The van der Waals surface area contributed by atoms with Gasteiger partial charge in [-0.3, -0.25) is 28.8 Å². The summed E-state index contributed by atoms with van der Waals surface area (Å²) < 4.78 is 15.5. The lowest BCUT2D eigenvalue weighted by Crippen LogP contribution is -2.40. The molecule has 0 heterocycles. The molecule has 13 nitrogen and oxygen atoms in total. The zero-order chi connectivity index (χ0) is 28.6. The second kappa shape index (κ2) is 22.8. The molecule has 0 aromatic heterocycles. The second-order valence-electron chi connectivity index (χ2n) is 8.16. The number of likely N-dealkylation sites (N-methyl/N-ethyl adjacent to an activating group) is 1. The molecule has 0 radical (unpaired) electrons. The van der Waals surface area contributed by atoms with Gasteiger partial charge in [0.15, 0.2) is 11.6 Å². The molecule has 4 amide bonds. The minimum atomic E-state index is -0.710. The third-order valence-electron chi connectivity index (χ3n) is 4.84. The van der Waals surface area contributed by atoms with Gasteiger partial charge < -0.3 is 35.5 Å². The van der Waals surface area contributed by atoms with E-state index in [0.29, 0.717) is 19.3 Å². The summed E-state index contributed by atoms with van der Waals surface area (Å²) in [5, 5.41) is 10.0. The molecule has 0 rings (SSSR count). The van der Waals surface area contributed by atoms with Crippen molar-refractivity contribution in [3.63, 3.8) is 0 Å². The normalized spacial score (nSPS) is 11.1. The molecule has 0 saturated carbocycles. The van der Waals surface area contributed by atoms with Crippen molar-refractivity contribution in [3.8, 4) is 12.3 Å². The summed E-state index contributed by atoms with van der Waals surface area (Å²) >= 11 is 0. The largest absolute Gasteiger partial charge is 0.372 e. The highest BCUT2D eigenvalue weighted by Crippen LogP contribution is 1.98. The molecule has 0 spiro atoms. The smallest absolute Gasteiger partial charge is 0.246 e. The van der Waals surface area contributed by atoms with E-state index in [1.54, 1.807) is 6.92 Å². The summed E-state index contributed by atoms with van der Waals surface area (Å²) in [6.45, 7) is 1.69. The van der Waals surface area contributed by atoms with Gasteiger partial charge in [0.25, 0.3) is 0 Å². The summed E-state index contributed by atoms with van der Waals surface area (Å²) in [6, 6.07) is -0.710. The van der Waals surface area contributed by atoms with Crippen molar-refractivity contribution in [3.05, 3.63) is 0 Å². The number of hydrogen-bond acceptors (Lipinski definition) is 9. The Kier molecular flexibility index (Phi) is 20.8. The molecule has 0 bridgehead atoms. The summed E-state index contributed by atoms with van der Waals surface area (Å²) in [6.07, 6.45) is 6.82. The summed E-state index contributed by atoms with van der Waals surface area (Å²) in [5.41, 5.74) is 0. The molecule has 0 aromatic rings. The predicted octanol–water partition coefficient (Wildman–Crippen LogP) is -1.37. The van der Waals surface area contributed by atoms with Gasteiger partial charge in [0, 0.05) is 52.5 Å². The highest BCUT2D eigenvalue weighted by atomic mass is 16.5. The number of amides is 4. The van der Waals surface area contributed by atoms with Crippen LogP contribution in [0.4, 0.5) is 0 Å². The van der Waals surface area contributed by atoms with E-state index < -0.39 is 17.9 Å². The average molecular weight is 541 g/mol. The van der Waals surface area contributed by atoms with Crippen LogP contribution in [0, 0.1) is 12.3 Å². The van der Waals surface area contributed by atoms with E-state index in [0.717, 1.165) is 0 Å². The lowest BCUT2D eigenvalue weighted by atomic mass is 10.1. The number of rotatable bonds is 23. The van der Waals surface area contributed by atoms with E-state index in [9.17, 15) is 28.8 Å². The number of nitrogens with one attached hydrogen (secondary N) is 4. The van der Waals surface area contributed by atoms with Crippen LogP contribution in [0.15, 0.2) is 0 Å². The Labute approximate surface area is 223 Å². The summed E-state index contributed by atoms with van der Waals surface area (Å²) in [7, 11) is 1.50. The fraction of sp³-hybridized carbons (Fsp3) is 0.680. The number of hydrogen-bond donors (Lipinski definition) is 4. The van der Waals surface area contributed by atoms with Gasteiger partial charge in [-0.15, -0.1) is 12.3 Å². The van der Waals surface area contributed by atoms with Crippen LogP contribution in [-0.2, 0) is 43.0 Å². The molecule has 0 aliphatic rings. The third kappa shape index (κ3) is 20.8. The van der Waals surface area contributed by atoms with Gasteiger partial charge in [0.1, 0.15) is 19.8 Å². The molecule has 4 N–H and O–H groups in total. The lowest BCUT2D eigenvalue weighted by Gasteiger charge is -2.13. The number of carbonyl (C=O) groups excluding carboxylic acids is 6. The third-order valence-corrected chi connectivity index (χ3v) is 4.84. The maximum absolute atomic E-state index is 12.1. The Morgan fingerprint density at radius 2 is 1.37 bits per heavy atom.